The molecule has 1 aromatic carbocycles. The third kappa shape index (κ3) is 2.06. The van der Waals surface area contributed by atoms with Gasteiger partial charge in [-0.15, -0.1) is 0 Å². The minimum Gasteiger partial charge on any atom is -0.324 e. The summed E-state index contributed by atoms with van der Waals surface area (Å²) in [6, 6.07) is 5.12. The highest BCUT2D eigenvalue weighted by Gasteiger charge is 2.17. The first-order valence-corrected chi connectivity index (χ1v) is 6.13. The van der Waals surface area contributed by atoms with Crippen molar-refractivity contribution in [2.24, 2.45) is 5.84 Å². The normalized spacial score (nSPS) is 19.3. The van der Waals surface area contributed by atoms with Gasteiger partial charge in [-0.05, 0) is 42.0 Å². The van der Waals surface area contributed by atoms with Crippen molar-refractivity contribution >= 4 is 5.69 Å². The molecule has 4 N–H and O–H groups in total. The maximum atomic E-state index is 5.56. The number of fused-ring (bicyclic) bond motifs is 1. The molecule has 0 saturated carbocycles. The minimum atomic E-state index is 0.616. The molecule has 88 valence electrons. The summed E-state index contributed by atoms with van der Waals surface area (Å²) in [7, 11) is 0. The van der Waals surface area contributed by atoms with Crippen molar-refractivity contribution < 1.29 is 0 Å². The van der Waals surface area contributed by atoms with E-state index < -0.39 is 0 Å². The quantitative estimate of drug-likeness (QED) is 0.538. The van der Waals surface area contributed by atoms with Crippen LogP contribution in [0, 0.1) is 0 Å². The number of nitrogens with two attached hydrogens (primary N) is 1. The highest BCUT2D eigenvalue weighted by molar-refractivity contribution is 5.55. The average Bonchev–Trinajstić information content (AvgIpc) is 2.36. The second-order valence-electron chi connectivity index (χ2n) is 4.47. The zero-order valence-electron chi connectivity index (χ0n) is 10.1. The molecule has 1 aliphatic heterocycles. The molecular formula is C13H21N3. The molecule has 3 heteroatoms. The van der Waals surface area contributed by atoms with Gasteiger partial charge in [-0.2, -0.15) is 0 Å². The summed E-state index contributed by atoms with van der Waals surface area (Å²) in [4.78, 5) is 0. The van der Waals surface area contributed by atoms with Crippen molar-refractivity contribution in [3.05, 3.63) is 28.8 Å². The Morgan fingerprint density at radius 3 is 2.81 bits per heavy atom. The van der Waals surface area contributed by atoms with Crippen LogP contribution in [-0.2, 0) is 19.4 Å². The van der Waals surface area contributed by atoms with Gasteiger partial charge in [-0.1, -0.05) is 19.9 Å². The van der Waals surface area contributed by atoms with Crippen LogP contribution < -0.4 is 16.6 Å². The first-order valence-electron chi connectivity index (χ1n) is 6.13. The lowest BCUT2D eigenvalue weighted by molar-refractivity contribution is 0.467. The van der Waals surface area contributed by atoms with Crippen molar-refractivity contribution in [3.8, 4) is 0 Å². The number of hydrazine groups is 1. The van der Waals surface area contributed by atoms with Crippen LogP contribution in [0.4, 0.5) is 5.69 Å². The fourth-order valence-electron chi connectivity index (χ4n) is 2.40. The second kappa shape index (κ2) is 4.85. The smallest absolute Gasteiger partial charge is 0.0519 e. The SMILES string of the molecule is CCc1cc2c(cc1NN)CC(CC)NC2. The van der Waals surface area contributed by atoms with Gasteiger partial charge in [0, 0.05) is 12.6 Å². The molecule has 0 bridgehead atoms. The van der Waals surface area contributed by atoms with E-state index in [1.165, 1.54) is 23.1 Å². The van der Waals surface area contributed by atoms with Crippen LogP contribution in [0.3, 0.4) is 0 Å². The molecule has 0 radical (unpaired) electrons. The van der Waals surface area contributed by atoms with Gasteiger partial charge in [0.25, 0.3) is 0 Å². The summed E-state index contributed by atoms with van der Waals surface area (Å²) in [5.74, 6) is 5.56. The van der Waals surface area contributed by atoms with E-state index in [-0.39, 0.29) is 0 Å². The summed E-state index contributed by atoms with van der Waals surface area (Å²) >= 11 is 0. The van der Waals surface area contributed by atoms with E-state index in [1.807, 2.05) is 0 Å². The Labute approximate surface area is 97.4 Å². The minimum absolute atomic E-state index is 0.616. The number of aryl methyl sites for hydroxylation is 1. The number of hydrogen-bond donors (Lipinski definition) is 3. The van der Waals surface area contributed by atoms with Gasteiger partial charge in [-0.3, -0.25) is 5.84 Å². The topological polar surface area (TPSA) is 50.1 Å². The van der Waals surface area contributed by atoms with E-state index in [9.17, 15) is 0 Å². The van der Waals surface area contributed by atoms with E-state index in [0.717, 1.165) is 25.1 Å². The lowest BCUT2D eigenvalue weighted by atomic mass is 9.91. The van der Waals surface area contributed by atoms with Gasteiger partial charge in [0.15, 0.2) is 0 Å². The fraction of sp³-hybridized carbons (Fsp3) is 0.538. The van der Waals surface area contributed by atoms with Crippen molar-refractivity contribution in [1.82, 2.24) is 5.32 Å². The molecule has 1 atom stereocenters. The number of hydrogen-bond acceptors (Lipinski definition) is 3. The van der Waals surface area contributed by atoms with Gasteiger partial charge in [0.1, 0.15) is 0 Å². The summed E-state index contributed by atoms with van der Waals surface area (Å²) in [5.41, 5.74) is 8.07. The molecule has 1 aromatic rings. The summed E-state index contributed by atoms with van der Waals surface area (Å²) < 4.78 is 0. The van der Waals surface area contributed by atoms with Gasteiger partial charge in [0.05, 0.1) is 5.69 Å². The third-order valence-electron chi connectivity index (χ3n) is 3.50. The lowest BCUT2D eigenvalue weighted by Crippen LogP contribution is -2.35. The lowest BCUT2D eigenvalue weighted by Gasteiger charge is -2.26. The van der Waals surface area contributed by atoms with Crippen LogP contribution in [0.1, 0.15) is 37.0 Å². The standard InChI is InChI=1S/C13H21N3/c1-3-9-5-11-8-15-12(4-2)6-10(11)7-13(9)16-14/h5,7,12,15-16H,3-4,6,8,14H2,1-2H3. The largest absolute Gasteiger partial charge is 0.324 e. The predicted octanol–water partition coefficient (Wildman–Crippen LogP) is 1.96. The Hall–Kier alpha value is -1.06. The molecular weight excluding hydrogens is 198 g/mol. The molecule has 0 aliphatic carbocycles. The van der Waals surface area contributed by atoms with E-state index in [1.54, 1.807) is 0 Å². The Morgan fingerprint density at radius 1 is 1.38 bits per heavy atom. The van der Waals surface area contributed by atoms with E-state index in [4.69, 9.17) is 5.84 Å². The number of rotatable bonds is 3. The third-order valence-corrected chi connectivity index (χ3v) is 3.50. The summed E-state index contributed by atoms with van der Waals surface area (Å²) in [5, 5.41) is 3.56. The first kappa shape index (κ1) is 11.4. The molecule has 2 rings (SSSR count). The molecule has 0 saturated heterocycles. The Morgan fingerprint density at radius 2 is 2.19 bits per heavy atom. The Kier molecular flexibility index (Phi) is 3.46. The van der Waals surface area contributed by atoms with Crippen LogP contribution in [0.25, 0.3) is 0 Å². The summed E-state index contributed by atoms with van der Waals surface area (Å²) in [6.45, 7) is 5.38. The second-order valence-corrected chi connectivity index (χ2v) is 4.47. The molecule has 1 heterocycles. The molecule has 1 aliphatic rings. The van der Waals surface area contributed by atoms with E-state index in [0.29, 0.717) is 6.04 Å². The Bertz CT molecular complexity index is 374. The average molecular weight is 219 g/mol. The predicted molar refractivity (Wildman–Crippen MR) is 68.3 cm³/mol. The molecule has 0 fully saturated rings. The van der Waals surface area contributed by atoms with Crippen molar-refractivity contribution in [1.29, 1.82) is 0 Å². The Balaban J connectivity index is 2.34. The maximum Gasteiger partial charge on any atom is 0.0519 e. The van der Waals surface area contributed by atoms with E-state index >= 15 is 0 Å². The molecule has 3 nitrogen and oxygen atoms in total. The zero-order chi connectivity index (χ0) is 11.5. The molecule has 16 heavy (non-hydrogen) atoms. The van der Waals surface area contributed by atoms with Gasteiger partial charge < -0.3 is 10.7 Å². The summed E-state index contributed by atoms with van der Waals surface area (Å²) in [6.07, 6.45) is 3.31. The van der Waals surface area contributed by atoms with E-state index in [2.05, 4.69) is 36.7 Å². The van der Waals surface area contributed by atoms with Crippen LogP contribution >= 0.6 is 0 Å². The van der Waals surface area contributed by atoms with Crippen LogP contribution in [0.15, 0.2) is 12.1 Å². The number of anilines is 1. The molecule has 0 spiro atoms. The molecule has 0 amide bonds. The molecule has 0 aromatic heterocycles. The number of nitrogens with one attached hydrogen (secondary N) is 2. The van der Waals surface area contributed by atoms with Gasteiger partial charge in [-0.25, -0.2) is 0 Å². The van der Waals surface area contributed by atoms with Crippen molar-refractivity contribution in [2.75, 3.05) is 5.43 Å². The van der Waals surface area contributed by atoms with Gasteiger partial charge >= 0.3 is 0 Å². The highest BCUT2D eigenvalue weighted by atomic mass is 15.2. The highest BCUT2D eigenvalue weighted by Crippen LogP contribution is 2.25. The maximum absolute atomic E-state index is 5.56. The number of nitrogen functional groups attached to an aromatic ring is 1. The zero-order valence-corrected chi connectivity index (χ0v) is 10.1. The van der Waals surface area contributed by atoms with Crippen LogP contribution in [-0.4, -0.2) is 6.04 Å². The first-order chi connectivity index (χ1) is 7.78. The number of benzene rings is 1. The molecule has 1 unspecified atom stereocenters. The van der Waals surface area contributed by atoms with Gasteiger partial charge in [0.2, 0.25) is 0 Å². The van der Waals surface area contributed by atoms with Crippen molar-refractivity contribution in [3.63, 3.8) is 0 Å². The fourth-order valence-corrected chi connectivity index (χ4v) is 2.40. The monoisotopic (exact) mass is 219 g/mol. The van der Waals surface area contributed by atoms with Crippen LogP contribution in [0.2, 0.25) is 0 Å². The van der Waals surface area contributed by atoms with Crippen molar-refractivity contribution in [2.45, 2.75) is 45.7 Å². The van der Waals surface area contributed by atoms with Crippen LogP contribution in [0.5, 0.6) is 0 Å².